The second-order valence-electron chi connectivity index (χ2n) is 3.70. The van der Waals surface area contributed by atoms with Crippen LogP contribution in [-0.2, 0) is 26.2 Å². The summed E-state index contributed by atoms with van der Waals surface area (Å²) in [5.74, 6) is 0. The molecule has 0 aliphatic carbocycles. The molecule has 0 N–H and O–H groups in total. The van der Waals surface area contributed by atoms with Crippen LogP contribution in [0.3, 0.4) is 0 Å². The molecule has 0 fully saturated rings. The third kappa shape index (κ3) is 1.92. The molecule has 0 aliphatic heterocycles. The molecule has 3 aromatic rings. The molecule has 0 amide bonds. The second-order valence-corrected chi connectivity index (χ2v) is 3.70. The van der Waals surface area contributed by atoms with Gasteiger partial charge in [-0.2, -0.15) is 12.1 Å². The van der Waals surface area contributed by atoms with E-state index in [1.807, 2.05) is 0 Å². The van der Waals surface area contributed by atoms with Crippen LogP contribution in [-0.4, -0.2) is 0 Å². The van der Waals surface area contributed by atoms with E-state index in [-0.39, 0.29) is 26.2 Å². The minimum Gasteiger partial charge on any atom is -0.168 e. The van der Waals surface area contributed by atoms with Crippen molar-refractivity contribution in [3.05, 3.63) is 66.7 Å². The van der Waals surface area contributed by atoms with Crippen LogP contribution < -0.4 is 0 Å². The molecule has 0 nitrogen and oxygen atoms in total. The molecule has 76 valence electrons. The maximum atomic E-state index is 2.18. The van der Waals surface area contributed by atoms with E-state index in [2.05, 4.69) is 66.7 Å². The van der Waals surface area contributed by atoms with Crippen LogP contribution in [0.1, 0.15) is 0 Å². The molecule has 0 spiro atoms. The molecule has 0 atom stereocenters. The monoisotopic (exact) mass is 281 g/mol. The summed E-state index contributed by atoms with van der Waals surface area (Å²) >= 11 is 0. The summed E-state index contributed by atoms with van der Waals surface area (Å²) in [4.78, 5) is 0. The van der Waals surface area contributed by atoms with E-state index in [9.17, 15) is 0 Å². The summed E-state index contributed by atoms with van der Waals surface area (Å²) in [6.07, 6.45) is 0. The molecule has 0 radical (unpaired) electrons. The van der Waals surface area contributed by atoms with Crippen molar-refractivity contribution in [2.75, 3.05) is 0 Å². The molecule has 0 saturated carbocycles. The van der Waals surface area contributed by atoms with E-state index >= 15 is 0 Å². The van der Waals surface area contributed by atoms with E-state index in [1.165, 1.54) is 21.9 Å². The first-order valence-corrected chi connectivity index (χ1v) is 5.15. The molecule has 0 aromatic heterocycles. The van der Waals surface area contributed by atoms with Crippen molar-refractivity contribution in [3.8, 4) is 11.1 Å². The second kappa shape index (κ2) is 4.84. The smallest absolute Gasteiger partial charge is 0 e. The Hall–Kier alpha value is -1.07. The van der Waals surface area contributed by atoms with Gasteiger partial charge in [0.25, 0.3) is 0 Å². The van der Waals surface area contributed by atoms with Gasteiger partial charge in [-0.25, -0.2) is 0 Å². The van der Waals surface area contributed by atoms with E-state index < -0.39 is 0 Å². The van der Waals surface area contributed by atoms with Crippen LogP contribution in [0.2, 0.25) is 0 Å². The molecule has 0 heterocycles. The van der Waals surface area contributed by atoms with Crippen molar-refractivity contribution in [1.82, 2.24) is 0 Å². The number of benzene rings is 2. The Morgan fingerprint density at radius 3 is 2.38 bits per heavy atom. The fourth-order valence-corrected chi connectivity index (χ4v) is 2.03. The van der Waals surface area contributed by atoms with Crippen molar-refractivity contribution >= 4 is 10.8 Å². The molecule has 1 heteroatoms. The van der Waals surface area contributed by atoms with Gasteiger partial charge in [0, 0.05) is 26.2 Å². The number of hydrogen-bond acceptors (Lipinski definition) is 0. The molecular weight excluding hydrogens is 271 g/mol. The van der Waals surface area contributed by atoms with Crippen LogP contribution in [0.4, 0.5) is 0 Å². The van der Waals surface area contributed by atoms with Crippen LogP contribution in [0.5, 0.6) is 0 Å². The summed E-state index contributed by atoms with van der Waals surface area (Å²) in [5.41, 5.74) is 2.60. The molecule has 3 aromatic carbocycles. The van der Waals surface area contributed by atoms with Crippen molar-refractivity contribution in [1.29, 1.82) is 0 Å². The summed E-state index contributed by atoms with van der Waals surface area (Å²) in [6, 6.07) is 23.4. The Morgan fingerprint density at radius 1 is 0.750 bits per heavy atom. The van der Waals surface area contributed by atoms with Gasteiger partial charge in [0.15, 0.2) is 0 Å². The zero-order valence-electron chi connectivity index (χ0n) is 8.85. The van der Waals surface area contributed by atoms with Crippen molar-refractivity contribution in [3.63, 3.8) is 0 Å². The van der Waals surface area contributed by atoms with Crippen LogP contribution in [0.25, 0.3) is 21.9 Å². The third-order valence-corrected chi connectivity index (χ3v) is 2.76. The maximum Gasteiger partial charge on any atom is 0 e. The van der Waals surface area contributed by atoms with Gasteiger partial charge in [-0.3, -0.25) is 0 Å². The molecular formula is C15H11Zr-. The van der Waals surface area contributed by atoms with Gasteiger partial charge in [0.05, 0.1) is 0 Å². The average Bonchev–Trinajstić information content (AvgIpc) is 2.78. The maximum absolute atomic E-state index is 2.18. The van der Waals surface area contributed by atoms with Crippen LogP contribution in [0.15, 0.2) is 66.7 Å². The third-order valence-electron chi connectivity index (χ3n) is 2.76. The predicted octanol–water partition coefficient (Wildman–Crippen LogP) is 4.22. The topological polar surface area (TPSA) is 0 Å². The molecule has 16 heavy (non-hydrogen) atoms. The van der Waals surface area contributed by atoms with Gasteiger partial charge in [0.1, 0.15) is 0 Å². The fourth-order valence-electron chi connectivity index (χ4n) is 2.03. The zero-order chi connectivity index (χ0) is 10.1. The molecule has 0 unspecified atom stereocenters. The standard InChI is InChI=1S/C15H11.Zr/c1-2-6-12(7-3-1)14-10-4-8-13-9-5-11-15(13)14;/h1-11H;/q-1;. The average molecular weight is 282 g/mol. The summed E-state index contributed by atoms with van der Waals surface area (Å²) in [6.45, 7) is 0. The number of rotatable bonds is 1. The van der Waals surface area contributed by atoms with E-state index in [4.69, 9.17) is 0 Å². The molecule has 3 rings (SSSR count). The Bertz CT molecular complexity index is 578. The minimum atomic E-state index is 0. The van der Waals surface area contributed by atoms with Gasteiger partial charge in [0.2, 0.25) is 0 Å². The van der Waals surface area contributed by atoms with Crippen LogP contribution in [0, 0.1) is 0 Å². The van der Waals surface area contributed by atoms with E-state index in [0.29, 0.717) is 0 Å². The summed E-state index contributed by atoms with van der Waals surface area (Å²) < 4.78 is 0. The zero-order valence-corrected chi connectivity index (χ0v) is 11.3. The largest absolute Gasteiger partial charge is 0.168 e. The Kier molecular flexibility index (Phi) is 3.46. The first kappa shape index (κ1) is 11.4. The predicted molar refractivity (Wildman–Crippen MR) is 65.0 cm³/mol. The summed E-state index contributed by atoms with van der Waals surface area (Å²) in [7, 11) is 0. The van der Waals surface area contributed by atoms with Gasteiger partial charge in [-0.05, 0) is 5.56 Å². The normalized spacial score (nSPS) is 10.0. The number of fused-ring (bicyclic) bond motifs is 1. The van der Waals surface area contributed by atoms with Gasteiger partial charge < -0.3 is 0 Å². The molecule has 0 aliphatic rings. The summed E-state index contributed by atoms with van der Waals surface area (Å²) in [5, 5.41) is 2.65. The van der Waals surface area contributed by atoms with E-state index in [0.717, 1.165) is 0 Å². The fraction of sp³-hybridized carbons (Fsp3) is 0. The SMILES string of the molecule is [Zr].c1ccc(-c2cccc3[cH-]ccc23)cc1. The first-order chi connectivity index (χ1) is 7.45. The van der Waals surface area contributed by atoms with Crippen molar-refractivity contribution < 1.29 is 26.2 Å². The van der Waals surface area contributed by atoms with Gasteiger partial charge in [-0.15, -0.1) is 29.0 Å². The number of hydrogen-bond donors (Lipinski definition) is 0. The van der Waals surface area contributed by atoms with Crippen molar-refractivity contribution in [2.45, 2.75) is 0 Å². The van der Waals surface area contributed by atoms with Gasteiger partial charge in [-0.1, -0.05) is 42.0 Å². The first-order valence-electron chi connectivity index (χ1n) is 5.15. The van der Waals surface area contributed by atoms with Crippen molar-refractivity contribution in [2.24, 2.45) is 0 Å². The Morgan fingerprint density at radius 2 is 1.56 bits per heavy atom. The molecule has 0 saturated heterocycles. The Balaban J connectivity index is 0.000000963. The Labute approximate surface area is 114 Å². The quantitative estimate of drug-likeness (QED) is 0.586. The van der Waals surface area contributed by atoms with Crippen LogP contribution >= 0.6 is 0 Å². The minimum absolute atomic E-state index is 0. The van der Waals surface area contributed by atoms with Gasteiger partial charge >= 0.3 is 0 Å². The van der Waals surface area contributed by atoms with E-state index in [1.54, 1.807) is 0 Å². The molecule has 0 bridgehead atoms.